The van der Waals surface area contributed by atoms with Crippen LogP contribution in [0.2, 0.25) is 0 Å². The number of anilines is 1. The van der Waals surface area contributed by atoms with Gasteiger partial charge in [0.25, 0.3) is 11.8 Å². The van der Waals surface area contributed by atoms with Gasteiger partial charge in [0.2, 0.25) is 0 Å². The number of fused-ring (bicyclic) bond motifs is 1. The smallest absolute Gasteiger partial charge is 0.258 e. The summed E-state index contributed by atoms with van der Waals surface area (Å²) < 4.78 is 0. The molecule has 1 N–H and O–H groups in total. The van der Waals surface area contributed by atoms with Crippen molar-refractivity contribution >= 4 is 17.5 Å². The minimum Gasteiger partial charge on any atom is -0.349 e. The van der Waals surface area contributed by atoms with E-state index in [2.05, 4.69) is 18.3 Å². The Balaban J connectivity index is 1.45. The van der Waals surface area contributed by atoms with Crippen LogP contribution in [-0.4, -0.2) is 23.9 Å². The quantitative estimate of drug-likeness (QED) is 0.787. The first-order chi connectivity index (χ1) is 13.6. The molecule has 2 aromatic rings. The Labute approximate surface area is 166 Å². The van der Waals surface area contributed by atoms with Gasteiger partial charge < -0.3 is 10.2 Å². The van der Waals surface area contributed by atoms with Crippen molar-refractivity contribution in [3.8, 4) is 0 Å². The van der Waals surface area contributed by atoms with Gasteiger partial charge >= 0.3 is 0 Å². The maximum atomic E-state index is 13.1. The Hall–Kier alpha value is -2.62. The van der Waals surface area contributed by atoms with Crippen LogP contribution >= 0.6 is 0 Å². The fourth-order valence-electron chi connectivity index (χ4n) is 4.47. The highest BCUT2D eigenvalue weighted by Crippen LogP contribution is 2.33. The summed E-state index contributed by atoms with van der Waals surface area (Å²) in [6.07, 6.45) is 7.91. The number of nitrogens with zero attached hydrogens (tertiary/aromatic N) is 1. The number of hydrogen-bond donors (Lipinski definition) is 1. The molecule has 4 heteroatoms. The Morgan fingerprint density at radius 2 is 1.54 bits per heavy atom. The van der Waals surface area contributed by atoms with Crippen molar-refractivity contribution in [3.63, 3.8) is 0 Å². The van der Waals surface area contributed by atoms with Gasteiger partial charge in [0.1, 0.15) is 0 Å². The van der Waals surface area contributed by atoms with Crippen LogP contribution in [0.3, 0.4) is 0 Å². The summed E-state index contributed by atoms with van der Waals surface area (Å²) in [6.45, 7) is 2.08. The first-order valence-corrected chi connectivity index (χ1v) is 10.5. The topological polar surface area (TPSA) is 49.4 Å². The van der Waals surface area contributed by atoms with Crippen LogP contribution in [0.25, 0.3) is 0 Å². The second kappa shape index (κ2) is 8.17. The van der Waals surface area contributed by atoms with E-state index in [1.165, 1.54) is 31.2 Å². The Morgan fingerprint density at radius 1 is 0.893 bits per heavy atom. The molecule has 2 aliphatic rings. The summed E-state index contributed by atoms with van der Waals surface area (Å²) in [5, 5.41) is 3.16. The molecule has 2 aromatic carbocycles. The predicted octanol–water partition coefficient (Wildman–Crippen LogP) is 4.73. The molecule has 28 heavy (non-hydrogen) atoms. The predicted molar refractivity (Wildman–Crippen MR) is 112 cm³/mol. The van der Waals surface area contributed by atoms with E-state index in [0.717, 1.165) is 24.9 Å². The summed E-state index contributed by atoms with van der Waals surface area (Å²) in [5.74, 6) is -0.0426. The molecule has 0 spiro atoms. The van der Waals surface area contributed by atoms with Crippen LogP contribution in [0.1, 0.15) is 71.7 Å². The minimum atomic E-state index is -0.0363. The monoisotopic (exact) mass is 376 g/mol. The van der Waals surface area contributed by atoms with Crippen LogP contribution in [0.5, 0.6) is 0 Å². The molecule has 1 atom stereocenters. The fourth-order valence-corrected chi connectivity index (χ4v) is 4.47. The summed E-state index contributed by atoms with van der Waals surface area (Å²) in [5.41, 5.74) is 3.45. The zero-order valence-corrected chi connectivity index (χ0v) is 16.5. The molecule has 1 aliphatic carbocycles. The number of nitrogens with one attached hydrogen (secondary N) is 1. The fraction of sp³-hybridized carbons (Fsp3) is 0.417. The number of para-hydroxylation sites is 1. The number of carbonyl (C=O) groups excluding carboxylic acids is 2. The third kappa shape index (κ3) is 3.82. The van der Waals surface area contributed by atoms with Crippen molar-refractivity contribution in [2.75, 3.05) is 4.90 Å². The van der Waals surface area contributed by atoms with Gasteiger partial charge in [-0.15, -0.1) is 0 Å². The van der Waals surface area contributed by atoms with E-state index >= 15 is 0 Å². The molecule has 1 heterocycles. The first-order valence-electron chi connectivity index (χ1n) is 10.5. The SMILES string of the molecule is CC1Cc2ccccc2N1C(=O)c1ccc(C(=O)NC2CCCCCC2)cc1. The highest BCUT2D eigenvalue weighted by Gasteiger charge is 2.31. The molecule has 4 rings (SSSR count). The van der Waals surface area contributed by atoms with Crippen LogP contribution in [0, 0.1) is 0 Å². The molecule has 2 amide bonds. The standard InChI is InChI=1S/C24H28N2O2/c1-17-16-20-8-6-7-11-22(20)26(17)24(28)19-14-12-18(13-15-19)23(27)25-21-9-4-2-3-5-10-21/h6-8,11-15,17,21H,2-5,9-10,16H2,1H3,(H,25,27). The average molecular weight is 377 g/mol. The molecule has 1 fully saturated rings. The molecule has 1 unspecified atom stereocenters. The molecule has 1 aliphatic heterocycles. The average Bonchev–Trinajstić information content (AvgIpc) is 2.86. The summed E-state index contributed by atoms with van der Waals surface area (Å²) in [6, 6.07) is 15.6. The third-order valence-electron chi connectivity index (χ3n) is 6.01. The molecular weight excluding hydrogens is 348 g/mol. The van der Waals surface area contributed by atoms with Gasteiger partial charge in [0.15, 0.2) is 0 Å². The van der Waals surface area contributed by atoms with Crippen LogP contribution in [-0.2, 0) is 6.42 Å². The lowest BCUT2D eigenvalue weighted by atomic mass is 10.1. The molecule has 0 aromatic heterocycles. The largest absolute Gasteiger partial charge is 0.349 e. The van der Waals surface area contributed by atoms with E-state index < -0.39 is 0 Å². The zero-order valence-electron chi connectivity index (χ0n) is 16.5. The number of hydrogen-bond acceptors (Lipinski definition) is 2. The zero-order chi connectivity index (χ0) is 19.5. The van der Waals surface area contributed by atoms with Gasteiger partial charge in [-0.25, -0.2) is 0 Å². The maximum Gasteiger partial charge on any atom is 0.258 e. The van der Waals surface area contributed by atoms with E-state index in [9.17, 15) is 9.59 Å². The van der Waals surface area contributed by atoms with Gasteiger partial charge in [0, 0.05) is 28.9 Å². The number of carbonyl (C=O) groups is 2. The van der Waals surface area contributed by atoms with Gasteiger partial charge in [-0.3, -0.25) is 9.59 Å². The molecule has 0 radical (unpaired) electrons. The number of amides is 2. The second-order valence-corrected chi connectivity index (χ2v) is 8.10. The van der Waals surface area contributed by atoms with E-state index in [-0.39, 0.29) is 23.9 Å². The Morgan fingerprint density at radius 3 is 2.25 bits per heavy atom. The minimum absolute atomic E-state index is 0.00632. The van der Waals surface area contributed by atoms with E-state index in [1.807, 2.05) is 23.1 Å². The highest BCUT2D eigenvalue weighted by atomic mass is 16.2. The summed E-state index contributed by atoms with van der Waals surface area (Å²) in [4.78, 5) is 27.5. The van der Waals surface area contributed by atoms with Gasteiger partial charge in [0.05, 0.1) is 0 Å². The van der Waals surface area contributed by atoms with Gasteiger partial charge in [-0.05, 0) is 62.1 Å². The molecule has 0 bridgehead atoms. The van der Waals surface area contributed by atoms with Crippen molar-refractivity contribution in [1.29, 1.82) is 0 Å². The van der Waals surface area contributed by atoms with Gasteiger partial charge in [-0.2, -0.15) is 0 Å². The van der Waals surface area contributed by atoms with Crippen molar-refractivity contribution in [2.45, 2.75) is 64.0 Å². The molecular formula is C24H28N2O2. The number of benzene rings is 2. The summed E-state index contributed by atoms with van der Waals surface area (Å²) >= 11 is 0. The van der Waals surface area contributed by atoms with E-state index in [4.69, 9.17) is 0 Å². The van der Waals surface area contributed by atoms with Crippen molar-refractivity contribution in [1.82, 2.24) is 5.32 Å². The van der Waals surface area contributed by atoms with E-state index in [0.29, 0.717) is 11.1 Å². The lowest BCUT2D eigenvalue weighted by Crippen LogP contribution is -2.36. The molecule has 146 valence electrons. The van der Waals surface area contributed by atoms with Crippen LogP contribution in [0.4, 0.5) is 5.69 Å². The molecule has 1 saturated carbocycles. The Kier molecular flexibility index (Phi) is 5.47. The first kappa shape index (κ1) is 18.7. The molecule has 4 nitrogen and oxygen atoms in total. The Bertz CT molecular complexity index is 851. The van der Waals surface area contributed by atoms with Crippen molar-refractivity contribution < 1.29 is 9.59 Å². The normalized spacial score (nSPS) is 19.8. The van der Waals surface area contributed by atoms with Crippen LogP contribution < -0.4 is 10.2 Å². The summed E-state index contributed by atoms with van der Waals surface area (Å²) in [7, 11) is 0. The highest BCUT2D eigenvalue weighted by molar-refractivity contribution is 6.08. The third-order valence-corrected chi connectivity index (χ3v) is 6.01. The van der Waals surface area contributed by atoms with Gasteiger partial charge in [-0.1, -0.05) is 43.9 Å². The van der Waals surface area contributed by atoms with Crippen molar-refractivity contribution in [3.05, 3.63) is 65.2 Å². The second-order valence-electron chi connectivity index (χ2n) is 8.10. The lowest BCUT2D eigenvalue weighted by Gasteiger charge is -2.23. The maximum absolute atomic E-state index is 13.1. The van der Waals surface area contributed by atoms with Crippen LogP contribution in [0.15, 0.2) is 48.5 Å². The lowest BCUT2D eigenvalue weighted by molar-refractivity contribution is 0.0930. The number of rotatable bonds is 3. The van der Waals surface area contributed by atoms with Crippen molar-refractivity contribution in [2.24, 2.45) is 0 Å². The molecule has 0 saturated heterocycles. The van der Waals surface area contributed by atoms with E-state index in [1.54, 1.807) is 24.3 Å².